The topological polar surface area (TPSA) is 90.7 Å². The zero-order chi connectivity index (χ0) is 33.9. The van der Waals surface area contributed by atoms with Crippen molar-refractivity contribution < 1.29 is 19.1 Å². The standard InChI is InChI=1S/C43H38N2O4/c44-41(46)38(45-42(47)43(35-20-10-3-11-21-35,36-22-12-4-13-23-36)37-24-14-5-15-25-37)28-34-26-27-39(48-30-32-16-6-1-7-17-32)40(29-34)49-31-33-18-8-2-9-19-33/h1-27,29,38H,28,30-31H2,(H2,44,46)(H,45,47)/t38-/m0/s1. The first-order valence-corrected chi connectivity index (χ1v) is 16.3. The molecule has 0 aliphatic rings. The molecule has 0 radical (unpaired) electrons. The molecule has 6 nitrogen and oxygen atoms in total. The Bertz CT molecular complexity index is 1850. The van der Waals surface area contributed by atoms with Crippen LogP contribution in [0.15, 0.2) is 170 Å². The summed E-state index contributed by atoms with van der Waals surface area (Å²) in [6.07, 6.45) is 0.149. The SMILES string of the molecule is NC(=O)[C@H](Cc1ccc(OCc2ccccc2)c(OCc2ccccc2)c1)NC(=O)C(c1ccccc1)(c1ccccc1)c1ccccc1. The molecular weight excluding hydrogens is 608 g/mol. The van der Waals surface area contributed by atoms with Gasteiger partial charge >= 0.3 is 0 Å². The predicted molar refractivity (Wildman–Crippen MR) is 192 cm³/mol. The van der Waals surface area contributed by atoms with E-state index < -0.39 is 17.4 Å². The van der Waals surface area contributed by atoms with E-state index in [1.807, 2.05) is 170 Å². The molecule has 49 heavy (non-hydrogen) atoms. The molecule has 0 fully saturated rings. The Hall–Kier alpha value is -6.14. The lowest BCUT2D eigenvalue weighted by molar-refractivity contribution is -0.129. The smallest absolute Gasteiger partial charge is 0.240 e. The van der Waals surface area contributed by atoms with Crippen LogP contribution in [0, 0.1) is 0 Å². The third-order valence-corrected chi connectivity index (χ3v) is 8.53. The van der Waals surface area contributed by atoms with E-state index in [1.165, 1.54) is 0 Å². The number of hydrogen-bond acceptors (Lipinski definition) is 4. The van der Waals surface area contributed by atoms with Crippen molar-refractivity contribution in [3.63, 3.8) is 0 Å². The van der Waals surface area contributed by atoms with Crippen LogP contribution >= 0.6 is 0 Å². The average molecular weight is 647 g/mol. The summed E-state index contributed by atoms with van der Waals surface area (Å²) in [5.41, 5.74) is 9.83. The van der Waals surface area contributed by atoms with Crippen molar-refractivity contribution >= 4 is 11.8 Å². The summed E-state index contributed by atoms with van der Waals surface area (Å²) in [7, 11) is 0. The summed E-state index contributed by atoms with van der Waals surface area (Å²) in [4.78, 5) is 27.9. The average Bonchev–Trinajstić information content (AvgIpc) is 3.16. The van der Waals surface area contributed by atoms with Gasteiger partial charge in [0.25, 0.3) is 0 Å². The van der Waals surface area contributed by atoms with Gasteiger partial charge in [0.05, 0.1) is 0 Å². The van der Waals surface area contributed by atoms with E-state index in [0.717, 1.165) is 33.4 Å². The molecule has 6 aromatic carbocycles. The van der Waals surface area contributed by atoms with E-state index in [2.05, 4.69) is 5.32 Å². The van der Waals surface area contributed by atoms with E-state index in [9.17, 15) is 9.59 Å². The number of amides is 2. The molecule has 0 saturated carbocycles. The molecule has 1 atom stereocenters. The molecule has 0 bridgehead atoms. The van der Waals surface area contributed by atoms with Gasteiger partial charge in [-0.1, -0.05) is 158 Å². The van der Waals surface area contributed by atoms with Gasteiger partial charge in [0.2, 0.25) is 11.8 Å². The van der Waals surface area contributed by atoms with Crippen LogP contribution in [0.2, 0.25) is 0 Å². The van der Waals surface area contributed by atoms with Gasteiger partial charge in [-0.2, -0.15) is 0 Å². The Labute approximate surface area is 287 Å². The lowest BCUT2D eigenvalue weighted by Gasteiger charge is -2.35. The second kappa shape index (κ2) is 15.6. The van der Waals surface area contributed by atoms with Crippen molar-refractivity contribution in [3.05, 3.63) is 203 Å². The molecular formula is C43H38N2O4. The van der Waals surface area contributed by atoms with Crippen LogP contribution in [0.5, 0.6) is 11.5 Å². The van der Waals surface area contributed by atoms with Crippen LogP contribution < -0.4 is 20.5 Å². The number of rotatable bonds is 14. The molecule has 0 aromatic heterocycles. The van der Waals surface area contributed by atoms with Gasteiger partial charge in [-0.3, -0.25) is 9.59 Å². The lowest BCUT2D eigenvalue weighted by atomic mass is 9.68. The molecule has 0 spiro atoms. The molecule has 0 unspecified atom stereocenters. The van der Waals surface area contributed by atoms with Gasteiger partial charge < -0.3 is 20.5 Å². The fourth-order valence-electron chi connectivity index (χ4n) is 6.06. The van der Waals surface area contributed by atoms with Crippen LogP contribution in [-0.2, 0) is 34.6 Å². The Kier molecular flexibility index (Phi) is 10.5. The maximum Gasteiger partial charge on any atom is 0.240 e. The minimum Gasteiger partial charge on any atom is -0.485 e. The van der Waals surface area contributed by atoms with Crippen molar-refractivity contribution in [2.24, 2.45) is 5.73 Å². The molecule has 6 rings (SSSR count). The third-order valence-electron chi connectivity index (χ3n) is 8.53. The predicted octanol–water partition coefficient (Wildman–Crippen LogP) is 7.39. The van der Waals surface area contributed by atoms with Crippen molar-refractivity contribution in [3.8, 4) is 11.5 Å². The Morgan fingerprint density at radius 3 is 1.37 bits per heavy atom. The summed E-state index contributed by atoms with van der Waals surface area (Å²) in [5, 5.41) is 3.05. The zero-order valence-corrected chi connectivity index (χ0v) is 27.1. The third kappa shape index (κ3) is 7.71. The largest absolute Gasteiger partial charge is 0.485 e. The van der Waals surface area contributed by atoms with Gasteiger partial charge in [-0.15, -0.1) is 0 Å². The number of benzene rings is 6. The normalized spacial score (nSPS) is 11.7. The fourth-order valence-corrected chi connectivity index (χ4v) is 6.06. The minimum atomic E-state index is -1.25. The maximum absolute atomic E-state index is 14.8. The van der Waals surface area contributed by atoms with Gasteiger partial charge in [-0.05, 0) is 45.5 Å². The molecule has 3 N–H and O–H groups in total. The van der Waals surface area contributed by atoms with E-state index in [-0.39, 0.29) is 12.3 Å². The quantitative estimate of drug-likeness (QED) is 0.121. The molecule has 0 saturated heterocycles. The summed E-state index contributed by atoms with van der Waals surface area (Å²) < 4.78 is 12.5. The number of nitrogens with one attached hydrogen (secondary N) is 1. The minimum absolute atomic E-state index is 0.149. The Morgan fingerprint density at radius 1 is 0.531 bits per heavy atom. The van der Waals surface area contributed by atoms with E-state index in [0.29, 0.717) is 24.7 Å². The second-order valence-corrected chi connectivity index (χ2v) is 11.8. The number of hydrogen-bond donors (Lipinski definition) is 2. The Balaban J connectivity index is 1.32. The maximum atomic E-state index is 14.8. The first-order valence-electron chi connectivity index (χ1n) is 16.3. The van der Waals surface area contributed by atoms with Crippen molar-refractivity contribution in [2.45, 2.75) is 31.1 Å². The molecule has 2 amide bonds. The van der Waals surface area contributed by atoms with Gasteiger partial charge in [0.1, 0.15) is 24.7 Å². The first-order chi connectivity index (χ1) is 24.0. The van der Waals surface area contributed by atoms with Crippen LogP contribution in [0.3, 0.4) is 0 Å². The van der Waals surface area contributed by atoms with Crippen molar-refractivity contribution in [2.75, 3.05) is 0 Å². The molecule has 0 aliphatic carbocycles. The number of carbonyl (C=O) groups excluding carboxylic acids is 2. The van der Waals surface area contributed by atoms with Gasteiger partial charge in [0.15, 0.2) is 11.5 Å². The van der Waals surface area contributed by atoms with E-state index >= 15 is 0 Å². The summed E-state index contributed by atoms with van der Waals surface area (Å²) in [6, 6.07) is 53.1. The lowest BCUT2D eigenvalue weighted by Crippen LogP contribution is -2.54. The molecule has 6 aromatic rings. The highest BCUT2D eigenvalue weighted by Crippen LogP contribution is 2.40. The molecule has 6 heteroatoms. The first kappa shape index (κ1) is 32.8. The van der Waals surface area contributed by atoms with Crippen LogP contribution in [0.25, 0.3) is 0 Å². The van der Waals surface area contributed by atoms with Crippen LogP contribution in [0.1, 0.15) is 33.4 Å². The van der Waals surface area contributed by atoms with E-state index in [1.54, 1.807) is 0 Å². The van der Waals surface area contributed by atoms with Crippen LogP contribution in [-0.4, -0.2) is 17.9 Å². The highest BCUT2D eigenvalue weighted by atomic mass is 16.5. The highest BCUT2D eigenvalue weighted by molar-refractivity contribution is 5.98. The summed E-state index contributed by atoms with van der Waals surface area (Å²) >= 11 is 0. The molecule has 0 aliphatic heterocycles. The number of nitrogens with two attached hydrogens (primary N) is 1. The number of ether oxygens (including phenoxy) is 2. The molecule has 244 valence electrons. The number of primary amides is 1. The van der Waals surface area contributed by atoms with Crippen LogP contribution in [0.4, 0.5) is 0 Å². The Morgan fingerprint density at radius 2 is 0.939 bits per heavy atom. The molecule has 0 heterocycles. The van der Waals surface area contributed by atoms with Crippen molar-refractivity contribution in [1.82, 2.24) is 5.32 Å². The zero-order valence-electron chi connectivity index (χ0n) is 27.1. The highest BCUT2D eigenvalue weighted by Gasteiger charge is 2.44. The summed E-state index contributed by atoms with van der Waals surface area (Å²) in [5.74, 6) is 0.0920. The monoisotopic (exact) mass is 646 g/mol. The van der Waals surface area contributed by atoms with Crippen molar-refractivity contribution in [1.29, 1.82) is 0 Å². The second-order valence-electron chi connectivity index (χ2n) is 11.8. The van der Waals surface area contributed by atoms with Gasteiger partial charge in [0, 0.05) is 6.42 Å². The fraction of sp³-hybridized carbons (Fsp3) is 0.116. The summed E-state index contributed by atoms with van der Waals surface area (Å²) in [6.45, 7) is 0.693. The number of carbonyl (C=O) groups is 2. The van der Waals surface area contributed by atoms with Gasteiger partial charge in [-0.25, -0.2) is 0 Å². The van der Waals surface area contributed by atoms with E-state index in [4.69, 9.17) is 15.2 Å².